The van der Waals surface area contributed by atoms with Gasteiger partial charge in [-0.1, -0.05) is 18.2 Å². The van der Waals surface area contributed by atoms with Crippen molar-refractivity contribution in [2.75, 3.05) is 45.1 Å². The first-order valence-corrected chi connectivity index (χ1v) is 8.74. The van der Waals surface area contributed by atoms with E-state index in [1.165, 1.54) is 0 Å². The Morgan fingerprint density at radius 1 is 1.26 bits per heavy atom. The van der Waals surface area contributed by atoms with Crippen LogP contribution in [0.25, 0.3) is 22.0 Å². The molecule has 3 aromatic rings. The van der Waals surface area contributed by atoms with Crippen molar-refractivity contribution >= 4 is 22.8 Å². The smallest absolute Gasteiger partial charge is 0.240 e. The monoisotopic (exact) mass is 366 g/mol. The predicted octanol–water partition coefficient (Wildman–Crippen LogP) is 1.88. The molecule has 1 N–H and O–H groups in total. The fourth-order valence-electron chi connectivity index (χ4n) is 2.98. The lowest BCUT2D eigenvalue weighted by Gasteiger charge is -2.31. The van der Waals surface area contributed by atoms with Gasteiger partial charge in [-0.3, -0.25) is 20.0 Å². The summed E-state index contributed by atoms with van der Waals surface area (Å²) in [5, 5.41) is 3.47. The standard InChI is InChI=1S/C20H22N6O/c1-25-7-9-26(10-8-25)14-19(27)24-20-22-13-17-5-4-15(11-18(17)23-20)16-3-2-6-21-12-16/h2-6,11-13H,7-10,14H2,1H3,(H,22,23,24,27)/i2D,3D,6D,12D. The highest BCUT2D eigenvalue weighted by atomic mass is 16.2. The normalized spacial score (nSPS) is 17.8. The SMILES string of the molecule is [2H]c1nc([2H])c(-c2ccc3cnc(NC(=O)CN4CCN(C)CC4)nc3c2)c([2H])c1[2H]. The fraction of sp³-hybridized carbons (Fsp3) is 0.300. The molecule has 0 unspecified atom stereocenters. The van der Waals surface area contributed by atoms with Crippen molar-refractivity contribution in [3.63, 3.8) is 0 Å². The van der Waals surface area contributed by atoms with Crippen LogP contribution in [0.4, 0.5) is 5.95 Å². The molecule has 1 fully saturated rings. The van der Waals surface area contributed by atoms with Crippen LogP contribution in [-0.2, 0) is 4.79 Å². The number of carbonyl (C=O) groups is 1. The van der Waals surface area contributed by atoms with Crippen molar-refractivity contribution in [2.45, 2.75) is 0 Å². The lowest BCUT2D eigenvalue weighted by atomic mass is 10.1. The summed E-state index contributed by atoms with van der Waals surface area (Å²) in [7, 11) is 2.06. The van der Waals surface area contributed by atoms with E-state index in [4.69, 9.17) is 5.48 Å². The Morgan fingerprint density at radius 2 is 2.11 bits per heavy atom. The van der Waals surface area contributed by atoms with Crippen LogP contribution < -0.4 is 5.32 Å². The molecule has 1 saturated heterocycles. The summed E-state index contributed by atoms with van der Waals surface area (Å²) in [6, 6.07) is 4.57. The van der Waals surface area contributed by atoms with Gasteiger partial charge in [-0.2, -0.15) is 0 Å². The number of amides is 1. The molecule has 1 amide bonds. The summed E-state index contributed by atoms with van der Waals surface area (Å²) in [6.45, 7) is 3.79. The Hall–Kier alpha value is -2.90. The van der Waals surface area contributed by atoms with Crippen molar-refractivity contribution < 1.29 is 10.3 Å². The zero-order valence-electron chi connectivity index (χ0n) is 19.0. The number of nitrogens with one attached hydrogen (secondary N) is 1. The summed E-state index contributed by atoms with van der Waals surface area (Å²) < 4.78 is 31.6. The van der Waals surface area contributed by atoms with Gasteiger partial charge in [-0.25, -0.2) is 9.97 Å². The third-order valence-electron chi connectivity index (χ3n) is 4.55. The molecule has 3 heterocycles. The number of carbonyl (C=O) groups excluding carboxylic acids is 1. The van der Waals surface area contributed by atoms with Crippen molar-refractivity contribution in [3.05, 3.63) is 48.8 Å². The molecular weight excluding hydrogens is 340 g/mol. The van der Waals surface area contributed by atoms with Crippen LogP contribution in [0.15, 0.2) is 48.8 Å². The average Bonchev–Trinajstić information content (AvgIpc) is 2.73. The second kappa shape index (κ2) is 7.77. The minimum Gasteiger partial charge on any atom is -0.304 e. The van der Waals surface area contributed by atoms with E-state index in [-0.39, 0.29) is 42.2 Å². The Bertz CT molecular complexity index is 1150. The molecule has 0 saturated carbocycles. The van der Waals surface area contributed by atoms with Gasteiger partial charge in [-0.15, -0.1) is 0 Å². The minimum atomic E-state index is -0.396. The Morgan fingerprint density at radius 3 is 2.96 bits per heavy atom. The van der Waals surface area contributed by atoms with Gasteiger partial charge in [0.1, 0.15) is 0 Å². The minimum absolute atomic E-state index is 0.169. The number of hydrogen-bond acceptors (Lipinski definition) is 6. The van der Waals surface area contributed by atoms with Gasteiger partial charge in [-0.05, 0) is 24.7 Å². The van der Waals surface area contributed by atoms with Crippen LogP contribution in [-0.4, -0.2) is 70.4 Å². The highest BCUT2D eigenvalue weighted by Crippen LogP contribution is 2.23. The number of rotatable bonds is 4. The summed E-state index contributed by atoms with van der Waals surface area (Å²) >= 11 is 0. The third-order valence-corrected chi connectivity index (χ3v) is 4.55. The first-order valence-electron chi connectivity index (χ1n) is 10.7. The molecule has 0 bridgehead atoms. The van der Waals surface area contributed by atoms with Gasteiger partial charge in [0.25, 0.3) is 0 Å². The second-order valence-electron chi connectivity index (χ2n) is 6.56. The van der Waals surface area contributed by atoms with E-state index in [2.05, 4.69) is 37.1 Å². The van der Waals surface area contributed by atoms with Gasteiger partial charge in [0.15, 0.2) is 0 Å². The van der Waals surface area contributed by atoms with Crippen molar-refractivity contribution in [1.82, 2.24) is 24.8 Å². The average molecular weight is 366 g/mol. The van der Waals surface area contributed by atoms with E-state index in [0.29, 0.717) is 11.1 Å². The molecule has 2 aromatic heterocycles. The molecule has 138 valence electrons. The van der Waals surface area contributed by atoms with Gasteiger partial charge < -0.3 is 4.90 Å². The second-order valence-corrected chi connectivity index (χ2v) is 6.56. The van der Waals surface area contributed by atoms with E-state index in [1.54, 1.807) is 24.4 Å². The number of pyridine rings is 1. The van der Waals surface area contributed by atoms with Crippen molar-refractivity contribution in [3.8, 4) is 11.1 Å². The van der Waals surface area contributed by atoms with Crippen LogP contribution in [0.2, 0.25) is 0 Å². The molecule has 7 heteroatoms. The molecule has 0 spiro atoms. The van der Waals surface area contributed by atoms with Crippen molar-refractivity contribution in [2.24, 2.45) is 0 Å². The zero-order valence-corrected chi connectivity index (χ0v) is 15.0. The van der Waals surface area contributed by atoms with E-state index >= 15 is 0 Å². The zero-order chi connectivity index (χ0) is 22.1. The topological polar surface area (TPSA) is 74.2 Å². The number of nitrogens with zero attached hydrogens (tertiary/aromatic N) is 5. The first-order chi connectivity index (χ1) is 14.8. The van der Waals surface area contributed by atoms with Gasteiger partial charge in [0, 0.05) is 55.7 Å². The summed E-state index contributed by atoms with van der Waals surface area (Å²) in [4.78, 5) is 29.1. The molecule has 1 aromatic carbocycles. The van der Waals surface area contributed by atoms with E-state index in [0.717, 1.165) is 31.6 Å². The van der Waals surface area contributed by atoms with Gasteiger partial charge in [0.05, 0.1) is 17.5 Å². The number of fused-ring (bicyclic) bond motifs is 1. The summed E-state index contributed by atoms with van der Waals surface area (Å²) in [6.07, 6.45) is 0.967. The molecule has 7 nitrogen and oxygen atoms in total. The number of piperazine rings is 1. The van der Waals surface area contributed by atoms with Gasteiger partial charge >= 0.3 is 0 Å². The van der Waals surface area contributed by atoms with Crippen molar-refractivity contribution in [1.29, 1.82) is 0 Å². The molecule has 27 heavy (non-hydrogen) atoms. The van der Waals surface area contributed by atoms with E-state index < -0.39 is 6.17 Å². The molecule has 1 aliphatic heterocycles. The number of benzene rings is 1. The summed E-state index contributed by atoms with van der Waals surface area (Å²) in [5.74, 6) is -0.00203. The molecule has 0 radical (unpaired) electrons. The third kappa shape index (κ3) is 4.27. The van der Waals surface area contributed by atoms with Crippen LogP contribution in [0, 0.1) is 0 Å². The van der Waals surface area contributed by atoms with Crippen LogP contribution in [0.1, 0.15) is 5.48 Å². The fourth-order valence-corrected chi connectivity index (χ4v) is 2.98. The molecular formula is C20H22N6O. The maximum atomic E-state index is 12.4. The number of anilines is 1. The van der Waals surface area contributed by atoms with E-state index in [9.17, 15) is 4.79 Å². The molecule has 4 rings (SSSR count). The van der Waals surface area contributed by atoms with Crippen LogP contribution in [0.3, 0.4) is 0 Å². The number of hydrogen-bond donors (Lipinski definition) is 1. The maximum absolute atomic E-state index is 12.4. The highest BCUT2D eigenvalue weighted by molar-refractivity contribution is 5.92. The Balaban J connectivity index is 1.57. The van der Waals surface area contributed by atoms with E-state index in [1.807, 2.05) is 0 Å². The lowest BCUT2D eigenvalue weighted by molar-refractivity contribution is -0.117. The molecule has 0 aliphatic carbocycles. The van der Waals surface area contributed by atoms with Gasteiger partial charge in [0.2, 0.25) is 11.9 Å². The first kappa shape index (κ1) is 13.3. The summed E-state index contributed by atoms with van der Waals surface area (Å²) in [5.41, 5.74) is 1.20. The number of aromatic nitrogens is 3. The predicted molar refractivity (Wildman–Crippen MR) is 105 cm³/mol. The molecule has 0 atom stereocenters. The van der Waals surface area contributed by atoms with Crippen LogP contribution in [0.5, 0.6) is 0 Å². The largest absolute Gasteiger partial charge is 0.304 e. The van der Waals surface area contributed by atoms with Crippen LogP contribution >= 0.6 is 0 Å². The Labute approximate surface area is 163 Å². The highest BCUT2D eigenvalue weighted by Gasteiger charge is 2.17. The Kier molecular flexibility index (Phi) is 3.83. The maximum Gasteiger partial charge on any atom is 0.240 e. The quantitative estimate of drug-likeness (QED) is 0.760. The molecule has 1 aliphatic rings. The lowest BCUT2D eigenvalue weighted by Crippen LogP contribution is -2.47. The number of likely N-dealkylation sites (N-methyl/N-ethyl adjacent to an activating group) is 1.